The SMILES string of the molecule is COc1ccc(CC(=O)Nc2ccc3c(c2)CCCN3S(=O)(=O)c2ccccc2)cc1OC. The first-order valence-electron chi connectivity index (χ1n) is 10.6. The maximum absolute atomic E-state index is 13.2. The van der Waals surface area contributed by atoms with Crippen molar-refractivity contribution in [3.05, 3.63) is 77.9 Å². The Morgan fingerprint density at radius 1 is 0.970 bits per heavy atom. The van der Waals surface area contributed by atoms with E-state index in [9.17, 15) is 13.2 Å². The smallest absolute Gasteiger partial charge is 0.264 e. The van der Waals surface area contributed by atoms with Crippen molar-refractivity contribution in [3.8, 4) is 11.5 Å². The molecule has 1 aliphatic heterocycles. The van der Waals surface area contributed by atoms with E-state index in [0.29, 0.717) is 35.8 Å². The molecule has 0 aliphatic carbocycles. The molecular weight excluding hydrogens is 440 g/mol. The molecule has 1 heterocycles. The van der Waals surface area contributed by atoms with E-state index in [-0.39, 0.29) is 17.2 Å². The van der Waals surface area contributed by atoms with Gasteiger partial charge in [-0.05, 0) is 66.4 Å². The number of carbonyl (C=O) groups is 1. The van der Waals surface area contributed by atoms with Crippen LogP contribution in [-0.4, -0.2) is 35.1 Å². The number of nitrogens with zero attached hydrogens (tertiary/aromatic N) is 1. The number of carbonyl (C=O) groups excluding carboxylic acids is 1. The number of hydrogen-bond acceptors (Lipinski definition) is 5. The Morgan fingerprint density at radius 3 is 2.45 bits per heavy atom. The van der Waals surface area contributed by atoms with Crippen molar-refractivity contribution in [3.63, 3.8) is 0 Å². The molecule has 0 aromatic heterocycles. The van der Waals surface area contributed by atoms with Crippen LogP contribution < -0.4 is 19.1 Å². The molecule has 33 heavy (non-hydrogen) atoms. The standard InChI is InChI=1S/C25H26N2O5S/c1-31-23-13-10-18(15-24(23)32-2)16-25(28)26-20-11-12-22-19(17-20)7-6-14-27(22)33(29,30)21-8-4-3-5-9-21/h3-5,8-13,15,17H,6-7,14,16H2,1-2H3,(H,26,28). The van der Waals surface area contributed by atoms with E-state index in [1.807, 2.05) is 12.1 Å². The zero-order valence-corrected chi connectivity index (χ0v) is 19.4. The molecule has 0 saturated heterocycles. The molecule has 0 saturated carbocycles. The number of hydrogen-bond donors (Lipinski definition) is 1. The van der Waals surface area contributed by atoms with Gasteiger partial charge in [-0.1, -0.05) is 24.3 Å². The van der Waals surface area contributed by atoms with Crippen molar-refractivity contribution in [1.29, 1.82) is 0 Å². The van der Waals surface area contributed by atoms with E-state index in [1.165, 1.54) is 4.31 Å². The lowest BCUT2D eigenvalue weighted by atomic mass is 10.0. The third-order valence-electron chi connectivity index (χ3n) is 5.58. The molecule has 4 rings (SSSR count). The van der Waals surface area contributed by atoms with Gasteiger partial charge < -0.3 is 14.8 Å². The lowest BCUT2D eigenvalue weighted by Gasteiger charge is -2.31. The molecule has 3 aromatic rings. The van der Waals surface area contributed by atoms with Gasteiger partial charge in [0.2, 0.25) is 5.91 Å². The summed E-state index contributed by atoms with van der Waals surface area (Å²) < 4.78 is 38.3. The van der Waals surface area contributed by atoms with Crippen LogP contribution in [-0.2, 0) is 27.7 Å². The van der Waals surface area contributed by atoms with E-state index >= 15 is 0 Å². The minimum absolute atomic E-state index is 0.173. The number of ether oxygens (including phenoxy) is 2. The van der Waals surface area contributed by atoms with Crippen LogP contribution in [0.15, 0.2) is 71.6 Å². The lowest BCUT2D eigenvalue weighted by Crippen LogP contribution is -2.35. The zero-order chi connectivity index (χ0) is 23.4. The van der Waals surface area contributed by atoms with E-state index in [2.05, 4.69) is 5.32 Å². The summed E-state index contributed by atoms with van der Waals surface area (Å²) in [6, 6.07) is 19.2. The number of aryl methyl sites for hydroxylation is 1. The molecule has 0 unspecified atom stereocenters. The molecule has 1 N–H and O–H groups in total. The van der Waals surface area contributed by atoms with Gasteiger partial charge >= 0.3 is 0 Å². The van der Waals surface area contributed by atoms with Gasteiger partial charge in [-0.25, -0.2) is 8.42 Å². The Labute approximate surface area is 194 Å². The first-order chi connectivity index (χ1) is 15.9. The Balaban J connectivity index is 1.51. The van der Waals surface area contributed by atoms with Crippen LogP contribution in [0, 0.1) is 0 Å². The molecule has 1 amide bonds. The highest BCUT2D eigenvalue weighted by molar-refractivity contribution is 7.92. The molecule has 0 atom stereocenters. The van der Waals surface area contributed by atoms with E-state index in [4.69, 9.17) is 9.47 Å². The first-order valence-corrected chi connectivity index (χ1v) is 12.1. The summed E-state index contributed by atoms with van der Waals surface area (Å²) in [6.07, 6.45) is 1.63. The highest BCUT2D eigenvalue weighted by atomic mass is 32.2. The minimum atomic E-state index is -3.64. The summed E-state index contributed by atoms with van der Waals surface area (Å²) in [6.45, 7) is 0.426. The fourth-order valence-electron chi connectivity index (χ4n) is 3.99. The van der Waals surface area contributed by atoms with Crippen molar-refractivity contribution < 1.29 is 22.7 Å². The second-order valence-corrected chi connectivity index (χ2v) is 9.61. The van der Waals surface area contributed by atoms with Crippen molar-refractivity contribution in [2.75, 3.05) is 30.4 Å². The van der Waals surface area contributed by atoms with Gasteiger partial charge in [0.25, 0.3) is 10.0 Å². The van der Waals surface area contributed by atoms with Crippen LogP contribution in [0.25, 0.3) is 0 Å². The maximum Gasteiger partial charge on any atom is 0.264 e. The third kappa shape index (κ3) is 4.80. The predicted molar refractivity (Wildman–Crippen MR) is 128 cm³/mol. The number of rotatable bonds is 7. The first kappa shape index (κ1) is 22.7. The predicted octanol–water partition coefficient (Wildman–Crippen LogP) is 4.03. The number of benzene rings is 3. The van der Waals surface area contributed by atoms with E-state index < -0.39 is 10.0 Å². The fraction of sp³-hybridized carbons (Fsp3) is 0.240. The summed E-state index contributed by atoms with van der Waals surface area (Å²) in [5.41, 5.74) is 2.98. The van der Waals surface area contributed by atoms with E-state index in [0.717, 1.165) is 17.5 Å². The van der Waals surface area contributed by atoms with Crippen LogP contribution in [0.3, 0.4) is 0 Å². The summed E-state index contributed by atoms with van der Waals surface area (Å²) in [4.78, 5) is 12.9. The number of sulfonamides is 1. The van der Waals surface area contributed by atoms with Crippen molar-refractivity contribution >= 4 is 27.3 Å². The molecule has 8 heteroatoms. The van der Waals surface area contributed by atoms with Crippen LogP contribution in [0.2, 0.25) is 0 Å². The summed E-state index contributed by atoms with van der Waals surface area (Å²) >= 11 is 0. The van der Waals surface area contributed by atoms with Crippen molar-refractivity contribution in [1.82, 2.24) is 0 Å². The van der Waals surface area contributed by atoms with E-state index in [1.54, 1.807) is 68.8 Å². The quantitative estimate of drug-likeness (QED) is 0.568. The van der Waals surface area contributed by atoms with Gasteiger partial charge in [0.15, 0.2) is 11.5 Å². The Morgan fingerprint density at radius 2 is 1.73 bits per heavy atom. The number of amides is 1. The molecule has 172 valence electrons. The Kier molecular flexibility index (Phi) is 6.55. The molecule has 3 aromatic carbocycles. The van der Waals surface area contributed by atoms with Crippen LogP contribution >= 0.6 is 0 Å². The number of fused-ring (bicyclic) bond motifs is 1. The summed E-state index contributed by atoms with van der Waals surface area (Å²) in [5, 5.41) is 2.91. The number of methoxy groups -OCH3 is 2. The maximum atomic E-state index is 13.2. The fourth-order valence-corrected chi connectivity index (χ4v) is 5.55. The Hall–Kier alpha value is -3.52. The number of nitrogens with one attached hydrogen (secondary N) is 1. The topological polar surface area (TPSA) is 84.9 Å². The molecule has 0 spiro atoms. The van der Waals surface area contributed by atoms with Gasteiger partial charge in [0, 0.05) is 12.2 Å². The molecule has 0 radical (unpaired) electrons. The van der Waals surface area contributed by atoms with Crippen LogP contribution in [0.5, 0.6) is 11.5 Å². The average molecular weight is 467 g/mol. The largest absolute Gasteiger partial charge is 0.493 e. The minimum Gasteiger partial charge on any atom is -0.493 e. The van der Waals surface area contributed by atoms with Gasteiger partial charge in [0.05, 0.1) is 31.2 Å². The van der Waals surface area contributed by atoms with Crippen LogP contribution in [0.1, 0.15) is 17.5 Å². The number of anilines is 2. The average Bonchev–Trinajstić information content (AvgIpc) is 2.83. The van der Waals surface area contributed by atoms with Gasteiger partial charge in [-0.3, -0.25) is 9.10 Å². The molecule has 0 bridgehead atoms. The third-order valence-corrected chi connectivity index (χ3v) is 7.41. The monoisotopic (exact) mass is 466 g/mol. The normalized spacial score (nSPS) is 13.2. The lowest BCUT2D eigenvalue weighted by molar-refractivity contribution is -0.115. The summed E-state index contributed by atoms with van der Waals surface area (Å²) in [7, 11) is -0.527. The zero-order valence-electron chi connectivity index (χ0n) is 18.6. The second-order valence-electron chi connectivity index (χ2n) is 7.75. The highest BCUT2D eigenvalue weighted by Crippen LogP contribution is 2.34. The second kappa shape index (κ2) is 9.54. The highest BCUT2D eigenvalue weighted by Gasteiger charge is 2.29. The molecule has 0 fully saturated rings. The summed E-state index contributed by atoms with van der Waals surface area (Å²) in [5.74, 6) is 0.995. The van der Waals surface area contributed by atoms with Gasteiger partial charge in [0.1, 0.15) is 0 Å². The molecular formula is C25H26N2O5S. The van der Waals surface area contributed by atoms with Crippen molar-refractivity contribution in [2.45, 2.75) is 24.2 Å². The van der Waals surface area contributed by atoms with Gasteiger partial charge in [-0.2, -0.15) is 0 Å². The van der Waals surface area contributed by atoms with Gasteiger partial charge in [-0.15, -0.1) is 0 Å². The van der Waals surface area contributed by atoms with Crippen molar-refractivity contribution in [2.24, 2.45) is 0 Å². The Bertz CT molecular complexity index is 1260. The molecule has 1 aliphatic rings. The van der Waals surface area contributed by atoms with Crippen LogP contribution in [0.4, 0.5) is 11.4 Å². The molecule has 7 nitrogen and oxygen atoms in total.